The van der Waals surface area contributed by atoms with Crippen LogP contribution in [0.15, 0.2) is 41.1 Å². The molecule has 7 heteroatoms. The number of nitrogens with zero attached hydrogens (tertiary/aromatic N) is 4. The first kappa shape index (κ1) is 13.0. The zero-order valence-electron chi connectivity index (χ0n) is 11.4. The minimum Gasteiger partial charge on any atom is -0.484 e. The Balaban J connectivity index is 1.71. The molecule has 7 nitrogen and oxygen atoms in total. The van der Waals surface area contributed by atoms with Gasteiger partial charge < -0.3 is 15.0 Å². The van der Waals surface area contributed by atoms with E-state index in [1.165, 1.54) is 0 Å². The molecule has 1 aromatic carbocycles. The van der Waals surface area contributed by atoms with Crippen molar-refractivity contribution in [3.05, 3.63) is 48.2 Å². The SMILES string of the molecule is Cc1nccc(-c2noc(COc3cccc(N)c3)n2)n1. The van der Waals surface area contributed by atoms with E-state index in [0.717, 1.165) is 0 Å². The summed E-state index contributed by atoms with van der Waals surface area (Å²) in [5.74, 6) is 2.07. The van der Waals surface area contributed by atoms with Gasteiger partial charge in [0.05, 0.1) is 0 Å². The molecule has 0 radical (unpaired) electrons. The summed E-state index contributed by atoms with van der Waals surface area (Å²) in [6.07, 6.45) is 1.65. The third-order valence-electron chi connectivity index (χ3n) is 2.69. The number of hydrogen-bond donors (Lipinski definition) is 1. The van der Waals surface area contributed by atoms with Crippen LogP contribution in [0.4, 0.5) is 5.69 Å². The highest BCUT2D eigenvalue weighted by Crippen LogP contribution is 2.17. The summed E-state index contributed by atoms with van der Waals surface area (Å²) >= 11 is 0. The molecule has 21 heavy (non-hydrogen) atoms. The number of rotatable bonds is 4. The van der Waals surface area contributed by atoms with Gasteiger partial charge in [-0.2, -0.15) is 4.98 Å². The second kappa shape index (κ2) is 5.58. The Hall–Kier alpha value is -2.96. The maximum absolute atomic E-state index is 5.68. The van der Waals surface area contributed by atoms with Crippen molar-refractivity contribution in [3.8, 4) is 17.3 Å². The minimum absolute atomic E-state index is 0.167. The maximum atomic E-state index is 5.68. The Kier molecular flexibility index (Phi) is 3.46. The summed E-state index contributed by atoms with van der Waals surface area (Å²) in [5, 5.41) is 3.88. The number of aromatic nitrogens is 4. The predicted octanol–water partition coefficient (Wildman–Crippen LogP) is 2.00. The van der Waals surface area contributed by atoms with Gasteiger partial charge in [0.2, 0.25) is 5.82 Å². The van der Waals surface area contributed by atoms with E-state index < -0.39 is 0 Å². The molecule has 2 N–H and O–H groups in total. The molecule has 0 aliphatic heterocycles. The van der Waals surface area contributed by atoms with Gasteiger partial charge in [0.1, 0.15) is 17.3 Å². The van der Waals surface area contributed by atoms with Gasteiger partial charge in [0.25, 0.3) is 5.89 Å². The highest BCUT2D eigenvalue weighted by atomic mass is 16.5. The number of nitrogen functional groups attached to an aromatic ring is 1. The van der Waals surface area contributed by atoms with Crippen LogP contribution in [0.25, 0.3) is 11.5 Å². The average Bonchev–Trinajstić information content (AvgIpc) is 2.94. The summed E-state index contributed by atoms with van der Waals surface area (Å²) in [4.78, 5) is 12.5. The number of ether oxygens (including phenoxy) is 1. The van der Waals surface area contributed by atoms with Crippen LogP contribution < -0.4 is 10.5 Å². The highest BCUT2D eigenvalue weighted by molar-refractivity contribution is 5.47. The van der Waals surface area contributed by atoms with Crippen molar-refractivity contribution in [2.45, 2.75) is 13.5 Å². The first-order chi connectivity index (χ1) is 10.2. The van der Waals surface area contributed by atoms with E-state index >= 15 is 0 Å². The number of aryl methyl sites for hydroxylation is 1. The first-order valence-corrected chi connectivity index (χ1v) is 6.31. The molecule has 0 bridgehead atoms. The summed E-state index contributed by atoms with van der Waals surface area (Å²) in [6.45, 7) is 1.97. The predicted molar refractivity (Wildman–Crippen MR) is 75.2 cm³/mol. The van der Waals surface area contributed by atoms with Crippen molar-refractivity contribution >= 4 is 5.69 Å². The highest BCUT2D eigenvalue weighted by Gasteiger charge is 2.10. The van der Waals surface area contributed by atoms with E-state index in [2.05, 4.69) is 20.1 Å². The van der Waals surface area contributed by atoms with Gasteiger partial charge in [-0.1, -0.05) is 11.2 Å². The van der Waals surface area contributed by atoms with Crippen LogP contribution in [0.3, 0.4) is 0 Å². The van der Waals surface area contributed by atoms with Gasteiger partial charge in [-0.05, 0) is 25.1 Å². The number of nitrogens with two attached hydrogens (primary N) is 1. The lowest BCUT2D eigenvalue weighted by atomic mass is 10.3. The quantitative estimate of drug-likeness (QED) is 0.731. The fraction of sp³-hybridized carbons (Fsp3) is 0.143. The van der Waals surface area contributed by atoms with Crippen LogP contribution in [0, 0.1) is 6.92 Å². The Morgan fingerprint density at radius 2 is 2.14 bits per heavy atom. The van der Waals surface area contributed by atoms with Crippen LogP contribution in [0.2, 0.25) is 0 Å². The van der Waals surface area contributed by atoms with Crippen LogP contribution in [0.1, 0.15) is 11.7 Å². The van der Waals surface area contributed by atoms with Crippen LogP contribution >= 0.6 is 0 Å². The Morgan fingerprint density at radius 3 is 2.95 bits per heavy atom. The molecule has 0 saturated carbocycles. The van der Waals surface area contributed by atoms with Crippen molar-refractivity contribution in [3.63, 3.8) is 0 Å². The van der Waals surface area contributed by atoms with Crippen LogP contribution in [-0.4, -0.2) is 20.1 Å². The molecule has 0 spiro atoms. The van der Waals surface area contributed by atoms with E-state index in [4.69, 9.17) is 15.0 Å². The zero-order valence-corrected chi connectivity index (χ0v) is 11.4. The lowest BCUT2D eigenvalue weighted by Gasteiger charge is -2.03. The maximum Gasteiger partial charge on any atom is 0.264 e. The van der Waals surface area contributed by atoms with Crippen molar-refractivity contribution < 1.29 is 9.26 Å². The Labute approximate surface area is 120 Å². The van der Waals surface area contributed by atoms with E-state index in [0.29, 0.717) is 34.7 Å². The summed E-state index contributed by atoms with van der Waals surface area (Å²) in [6, 6.07) is 8.86. The molecular weight excluding hydrogens is 270 g/mol. The third kappa shape index (κ3) is 3.14. The van der Waals surface area contributed by atoms with E-state index in [1.807, 2.05) is 6.07 Å². The molecule has 3 rings (SSSR count). The van der Waals surface area contributed by atoms with Crippen LogP contribution in [0.5, 0.6) is 5.75 Å². The second-order valence-corrected chi connectivity index (χ2v) is 4.36. The molecule has 0 fully saturated rings. The lowest BCUT2D eigenvalue weighted by molar-refractivity contribution is 0.243. The Morgan fingerprint density at radius 1 is 1.24 bits per heavy atom. The zero-order chi connectivity index (χ0) is 14.7. The molecule has 0 aliphatic rings. The molecule has 3 aromatic rings. The van der Waals surface area contributed by atoms with Gasteiger partial charge >= 0.3 is 0 Å². The second-order valence-electron chi connectivity index (χ2n) is 4.36. The fourth-order valence-corrected chi connectivity index (χ4v) is 1.75. The van der Waals surface area contributed by atoms with Crippen molar-refractivity contribution in [1.82, 2.24) is 20.1 Å². The average molecular weight is 283 g/mol. The lowest BCUT2D eigenvalue weighted by Crippen LogP contribution is -1.97. The van der Waals surface area contributed by atoms with Crippen molar-refractivity contribution in [2.24, 2.45) is 0 Å². The smallest absolute Gasteiger partial charge is 0.264 e. The van der Waals surface area contributed by atoms with Gasteiger partial charge in [-0.3, -0.25) is 0 Å². The molecule has 2 aromatic heterocycles. The van der Waals surface area contributed by atoms with Gasteiger partial charge in [-0.15, -0.1) is 0 Å². The molecule has 0 atom stereocenters. The van der Waals surface area contributed by atoms with E-state index in [1.54, 1.807) is 37.4 Å². The first-order valence-electron chi connectivity index (χ1n) is 6.31. The summed E-state index contributed by atoms with van der Waals surface area (Å²) in [5.41, 5.74) is 6.92. The van der Waals surface area contributed by atoms with Crippen LogP contribution in [-0.2, 0) is 6.61 Å². The molecular formula is C14H13N5O2. The summed E-state index contributed by atoms with van der Waals surface area (Å²) < 4.78 is 10.7. The largest absolute Gasteiger partial charge is 0.484 e. The van der Waals surface area contributed by atoms with Gasteiger partial charge in [0.15, 0.2) is 6.61 Å². The topological polar surface area (TPSA) is 100.0 Å². The standard InChI is InChI=1S/C14H13N5O2/c1-9-16-6-5-12(17-9)14-18-13(21-19-14)8-20-11-4-2-3-10(15)7-11/h2-7H,8,15H2,1H3. The minimum atomic E-state index is 0.167. The fourth-order valence-electron chi connectivity index (χ4n) is 1.75. The van der Waals surface area contributed by atoms with Gasteiger partial charge in [-0.25, -0.2) is 9.97 Å². The molecule has 0 unspecified atom stereocenters. The third-order valence-corrected chi connectivity index (χ3v) is 2.69. The number of benzene rings is 1. The molecule has 0 aliphatic carbocycles. The normalized spacial score (nSPS) is 10.5. The molecule has 2 heterocycles. The number of hydrogen-bond acceptors (Lipinski definition) is 7. The monoisotopic (exact) mass is 283 g/mol. The number of anilines is 1. The van der Waals surface area contributed by atoms with Gasteiger partial charge in [0, 0.05) is 18.0 Å². The summed E-state index contributed by atoms with van der Waals surface area (Å²) in [7, 11) is 0. The molecule has 106 valence electrons. The van der Waals surface area contributed by atoms with E-state index in [9.17, 15) is 0 Å². The van der Waals surface area contributed by atoms with Crippen molar-refractivity contribution in [2.75, 3.05) is 5.73 Å². The molecule has 0 amide bonds. The Bertz CT molecular complexity index is 756. The van der Waals surface area contributed by atoms with Crippen molar-refractivity contribution in [1.29, 1.82) is 0 Å². The van der Waals surface area contributed by atoms with E-state index in [-0.39, 0.29) is 6.61 Å². The molecule has 0 saturated heterocycles.